The molecule has 9 nitrogen and oxygen atoms in total. The summed E-state index contributed by atoms with van der Waals surface area (Å²) in [5.41, 5.74) is 3.17. The van der Waals surface area contributed by atoms with Crippen LogP contribution >= 0.6 is 0 Å². The smallest absolute Gasteiger partial charge is 0.407 e. The maximum atomic E-state index is 12.4. The van der Waals surface area contributed by atoms with Crippen molar-refractivity contribution >= 4 is 12.1 Å². The number of nitrogens with zero attached hydrogens (tertiary/aromatic N) is 1. The molecule has 9 heteroatoms. The molecule has 1 amide bonds. The van der Waals surface area contributed by atoms with Gasteiger partial charge in [-0.3, -0.25) is 4.79 Å². The molecule has 0 saturated heterocycles. The summed E-state index contributed by atoms with van der Waals surface area (Å²) < 4.78 is 23.4. The van der Waals surface area contributed by atoms with Crippen LogP contribution in [0.1, 0.15) is 61.1 Å². The lowest BCUT2D eigenvalue weighted by molar-refractivity contribution is -0.136. The molecule has 4 aromatic rings. The highest BCUT2D eigenvalue weighted by molar-refractivity contribution is 5.68. The molecule has 1 aromatic heterocycles. The summed E-state index contributed by atoms with van der Waals surface area (Å²) in [5, 5.41) is 12.1. The number of aryl methyl sites for hydroxylation is 2. The number of hydrogen-bond donors (Lipinski definition) is 2. The largest absolute Gasteiger partial charge is 0.493 e. The van der Waals surface area contributed by atoms with Crippen molar-refractivity contribution in [3.63, 3.8) is 0 Å². The lowest BCUT2D eigenvalue weighted by Crippen LogP contribution is -2.36. The van der Waals surface area contributed by atoms with Crippen molar-refractivity contribution in [2.45, 2.75) is 70.9 Å². The van der Waals surface area contributed by atoms with E-state index in [1.54, 1.807) is 0 Å². The van der Waals surface area contributed by atoms with Crippen LogP contribution in [-0.2, 0) is 29.0 Å². The number of carbonyl (C=O) groups excluding carboxylic acids is 1. The van der Waals surface area contributed by atoms with E-state index in [0.717, 1.165) is 65.3 Å². The lowest BCUT2D eigenvalue weighted by atomic mass is 9.96. The lowest BCUT2D eigenvalue weighted by Gasteiger charge is -2.22. The summed E-state index contributed by atoms with van der Waals surface area (Å²) >= 11 is 0. The standard InChI is InChI=1S/C35H38N2O7/c1-24-32(37-34(43-24)26-13-16-30(17-14-26)44-29-10-6-3-7-11-29)20-21-41-31-18-12-25(15-19-33(38)39)27(22-31)23-42-35(40)36-28-8-4-2-5-9-28/h3,6-7,10-14,16-18,22,28H,2,4-5,8-9,15,19-21,23H2,1H3,(H,36,40)(H,38,39). The van der Waals surface area contributed by atoms with Gasteiger partial charge in [-0.25, -0.2) is 9.78 Å². The van der Waals surface area contributed by atoms with Gasteiger partial charge in [-0.1, -0.05) is 43.5 Å². The van der Waals surface area contributed by atoms with Crippen molar-refractivity contribution in [3.8, 4) is 28.7 Å². The molecule has 1 heterocycles. The summed E-state index contributed by atoms with van der Waals surface area (Å²) in [6, 6.07) is 22.8. The van der Waals surface area contributed by atoms with Crippen molar-refractivity contribution in [1.82, 2.24) is 10.3 Å². The molecule has 230 valence electrons. The van der Waals surface area contributed by atoms with E-state index < -0.39 is 12.1 Å². The van der Waals surface area contributed by atoms with E-state index in [1.807, 2.05) is 79.7 Å². The highest BCUT2D eigenvalue weighted by Gasteiger charge is 2.17. The van der Waals surface area contributed by atoms with Crippen LogP contribution in [0.4, 0.5) is 4.79 Å². The molecule has 1 saturated carbocycles. The maximum Gasteiger partial charge on any atom is 0.407 e. The minimum absolute atomic E-state index is 0.0159. The molecule has 1 aliphatic rings. The topological polar surface area (TPSA) is 120 Å². The van der Waals surface area contributed by atoms with Crippen LogP contribution in [0, 0.1) is 6.92 Å². The predicted octanol–water partition coefficient (Wildman–Crippen LogP) is 7.64. The quantitative estimate of drug-likeness (QED) is 0.161. The van der Waals surface area contributed by atoms with Crippen molar-refractivity contribution in [1.29, 1.82) is 0 Å². The first kappa shape index (κ1) is 30.7. The van der Waals surface area contributed by atoms with Crippen molar-refractivity contribution in [2.24, 2.45) is 0 Å². The molecule has 1 aliphatic carbocycles. The fourth-order valence-corrected chi connectivity index (χ4v) is 5.25. The van der Waals surface area contributed by atoms with E-state index in [0.29, 0.717) is 31.1 Å². The van der Waals surface area contributed by atoms with E-state index in [4.69, 9.17) is 23.7 Å². The van der Waals surface area contributed by atoms with E-state index in [-0.39, 0.29) is 19.1 Å². The number of ether oxygens (including phenoxy) is 3. The van der Waals surface area contributed by atoms with E-state index in [9.17, 15) is 9.59 Å². The molecule has 3 aromatic carbocycles. The second kappa shape index (κ2) is 15.1. The Morgan fingerprint density at radius 2 is 1.64 bits per heavy atom. The molecular formula is C35H38N2O7. The molecular weight excluding hydrogens is 560 g/mol. The molecule has 0 radical (unpaired) electrons. The average molecular weight is 599 g/mol. The van der Waals surface area contributed by atoms with Crippen molar-refractivity contribution < 1.29 is 33.3 Å². The number of aromatic nitrogens is 1. The first-order valence-corrected chi connectivity index (χ1v) is 15.1. The van der Waals surface area contributed by atoms with Gasteiger partial charge in [-0.05, 0) is 85.8 Å². The minimum Gasteiger partial charge on any atom is -0.493 e. The maximum absolute atomic E-state index is 12.4. The summed E-state index contributed by atoms with van der Waals surface area (Å²) in [6.07, 6.45) is 5.73. The molecule has 0 atom stereocenters. The van der Waals surface area contributed by atoms with Gasteiger partial charge in [-0.15, -0.1) is 0 Å². The Kier molecular flexibility index (Phi) is 10.5. The van der Waals surface area contributed by atoms with Gasteiger partial charge in [0.2, 0.25) is 5.89 Å². The summed E-state index contributed by atoms with van der Waals surface area (Å²) in [7, 11) is 0. The van der Waals surface area contributed by atoms with Gasteiger partial charge in [0.15, 0.2) is 0 Å². The van der Waals surface area contributed by atoms with Gasteiger partial charge in [0.1, 0.15) is 29.6 Å². The van der Waals surface area contributed by atoms with E-state index in [1.165, 1.54) is 6.42 Å². The zero-order chi connectivity index (χ0) is 30.7. The third-order valence-corrected chi connectivity index (χ3v) is 7.65. The number of oxazole rings is 1. The Balaban J connectivity index is 1.17. The van der Waals surface area contributed by atoms with Gasteiger partial charge >= 0.3 is 12.1 Å². The van der Waals surface area contributed by atoms with Crippen LogP contribution < -0.4 is 14.8 Å². The number of carboxylic acids is 1. The molecule has 1 fully saturated rings. The zero-order valence-electron chi connectivity index (χ0n) is 24.9. The number of benzene rings is 3. The van der Waals surface area contributed by atoms with Crippen molar-refractivity contribution in [3.05, 3.63) is 95.4 Å². The Morgan fingerprint density at radius 3 is 2.39 bits per heavy atom. The number of para-hydroxylation sites is 1. The zero-order valence-corrected chi connectivity index (χ0v) is 24.9. The second-order valence-corrected chi connectivity index (χ2v) is 10.9. The van der Waals surface area contributed by atoms with Gasteiger partial charge in [0.25, 0.3) is 0 Å². The van der Waals surface area contributed by atoms with Gasteiger partial charge in [0, 0.05) is 24.4 Å². The van der Waals surface area contributed by atoms with Gasteiger partial charge in [-0.2, -0.15) is 0 Å². The Hall–Kier alpha value is -4.79. The molecule has 0 bridgehead atoms. The average Bonchev–Trinajstić information content (AvgIpc) is 3.40. The molecule has 2 N–H and O–H groups in total. The fourth-order valence-electron chi connectivity index (χ4n) is 5.25. The molecule has 44 heavy (non-hydrogen) atoms. The number of aliphatic carboxylic acids is 1. The number of rotatable bonds is 13. The molecule has 0 spiro atoms. The normalized spacial score (nSPS) is 13.3. The summed E-state index contributed by atoms with van der Waals surface area (Å²) in [5.74, 6) is 2.45. The summed E-state index contributed by atoms with van der Waals surface area (Å²) in [6.45, 7) is 2.27. The number of nitrogens with one attached hydrogen (secondary N) is 1. The summed E-state index contributed by atoms with van der Waals surface area (Å²) in [4.78, 5) is 28.3. The highest BCUT2D eigenvalue weighted by atomic mass is 16.5. The third-order valence-electron chi connectivity index (χ3n) is 7.65. The predicted molar refractivity (Wildman–Crippen MR) is 165 cm³/mol. The van der Waals surface area contributed by atoms with Crippen LogP contribution in [0.3, 0.4) is 0 Å². The molecule has 0 aliphatic heterocycles. The van der Waals surface area contributed by atoms with Crippen molar-refractivity contribution in [2.75, 3.05) is 6.61 Å². The number of amides is 1. The highest BCUT2D eigenvalue weighted by Crippen LogP contribution is 2.27. The second-order valence-electron chi connectivity index (χ2n) is 10.9. The van der Waals surface area contributed by atoms with Crippen LogP contribution in [0.25, 0.3) is 11.5 Å². The third kappa shape index (κ3) is 8.86. The van der Waals surface area contributed by atoms with E-state index in [2.05, 4.69) is 10.3 Å². The first-order valence-electron chi connectivity index (χ1n) is 15.1. The Labute approximate surface area is 257 Å². The molecule has 5 rings (SSSR count). The Morgan fingerprint density at radius 1 is 0.909 bits per heavy atom. The van der Waals surface area contributed by atoms with Gasteiger partial charge < -0.3 is 29.1 Å². The number of carbonyl (C=O) groups is 2. The fraction of sp³-hybridized carbons (Fsp3) is 0.343. The number of carboxylic acid groups (broad SMARTS) is 1. The monoisotopic (exact) mass is 598 g/mol. The van der Waals surface area contributed by atoms with Crippen LogP contribution in [0.15, 0.2) is 77.2 Å². The SMILES string of the molecule is Cc1oc(-c2ccc(Oc3ccccc3)cc2)nc1CCOc1ccc(CCC(=O)O)c(COC(=O)NC2CCCCC2)c1. The first-order chi connectivity index (χ1) is 21.4. The molecule has 0 unspecified atom stereocenters. The van der Waals surface area contributed by atoms with Crippen LogP contribution in [0.2, 0.25) is 0 Å². The number of alkyl carbamates (subject to hydrolysis) is 1. The Bertz CT molecular complexity index is 1530. The number of hydrogen-bond acceptors (Lipinski definition) is 7. The van der Waals surface area contributed by atoms with E-state index >= 15 is 0 Å². The minimum atomic E-state index is -0.883. The van der Waals surface area contributed by atoms with Gasteiger partial charge in [0.05, 0.1) is 12.3 Å². The van der Waals surface area contributed by atoms with Crippen LogP contribution in [-0.4, -0.2) is 34.8 Å². The van der Waals surface area contributed by atoms with Crippen LogP contribution in [0.5, 0.6) is 17.2 Å².